The number of aromatic hydroxyl groups is 1. The smallest absolute Gasteiger partial charge is 0.255 e. The molecule has 0 aromatic heterocycles. The summed E-state index contributed by atoms with van der Waals surface area (Å²) >= 11 is 0. The summed E-state index contributed by atoms with van der Waals surface area (Å²) in [6.45, 7) is 1.77. The Morgan fingerprint density at radius 3 is 2.44 bits per heavy atom. The van der Waals surface area contributed by atoms with Crippen LogP contribution in [0.2, 0.25) is 0 Å². The fourth-order valence-electron chi connectivity index (χ4n) is 6.65. The first-order chi connectivity index (χ1) is 18.4. The second-order valence-corrected chi connectivity index (χ2v) is 11.0. The third kappa shape index (κ3) is 4.01. The summed E-state index contributed by atoms with van der Waals surface area (Å²) in [4.78, 5) is 55.0. The first-order valence-electron chi connectivity index (χ1n) is 12.9. The number of anilines is 1. The van der Waals surface area contributed by atoms with Gasteiger partial charge in [-0.15, -0.1) is 0 Å². The lowest BCUT2D eigenvalue weighted by atomic mass is 9.57. The van der Waals surface area contributed by atoms with Crippen molar-refractivity contribution in [2.24, 2.45) is 17.6 Å². The molecule has 2 amide bonds. The molecule has 0 bridgehead atoms. The van der Waals surface area contributed by atoms with Crippen LogP contribution in [0.25, 0.3) is 5.76 Å². The van der Waals surface area contributed by atoms with Crippen molar-refractivity contribution in [1.29, 1.82) is 0 Å². The Bertz CT molecular complexity index is 1360. The molecule has 12 heteroatoms. The van der Waals surface area contributed by atoms with E-state index in [-0.39, 0.29) is 42.1 Å². The number of carbonyl (C=O) groups excluding carboxylic acids is 4. The van der Waals surface area contributed by atoms with Crippen molar-refractivity contribution in [3.63, 3.8) is 0 Å². The zero-order valence-corrected chi connectivity index (χ0v) is 21.7. The van der Waals surface area contributed by atoms with Gasteiger partial charge in [0.25, 0.3) is 5.91 Å². The van der Waals surface area contributed by atoms with E-state index in [1.54, 1.807) is 20.2 Å². The number of nitrogens with one attached hydrogen (secondary N) is 1. The molecule has 3 unspecified atom stereocenters. The number of likely N-dealkylation sites (tertiary alicyclic amines) is 1. The SMILES string of the molecule is CN(C)[C@@H]1C(=O)C(C(N)=O)=C(O)C2(O)C(=O)C3=C(O)c4c(ccc(NC(=O)CN5CCCC5)c4O)CC3CC12. The Morgan fingerprint density at radius 1 is 1.15 bits per heavy atom. The summed E-state index contributed by atoms with van der Waals surface area (Å²) in [6, 6.07) is 2.02. The van der Waals surface area contributed by atoms with Crippen LogP contribution in [0.3, 0.4) is 0 Å². The van der Waals surface area contributed by atoms with E-state index >= 15 is 0 Å². The van der Waals surface area contributed by atoms with Gasteiger partial charge in [0.2, 0.25) is 11.7 Å². The monoisotopic (exact) mass is 540 g/mol. The number of ketones is 2. The lowest BCUT2D eigenvalue weighted by Gasteiger charge is -2.50. The van der Waals surface area contributed by atoms with E-state index < -0.39 is 63.8 Å². The molecule has 0 spiro atoms. The van der Waals surface area contributed by atoms with Gasteiger partial charge in [-0.1, -0.05) is 6.07 Å². The van der Waals surface area contributed by atoms with E-state index in [1.807, 2.05) is 4.90 Å². The number of phenols is 1. The molecule has 208 valence electrons. The molecule has 1 aromatic carbocycles. The number of benzene rings is 1. The number of aliphatic hydroxyl groups is 3. The van der Waals surface area contributed by atoms with Crippen molar-refractivity contribution in [3.05, 3.63) is 40.2 Å². The van der Waals surface area contributed by atoms with Crippen LogP contribution in [0.4, 0.5) is 5.69 Å². The summed E-state index contributed by atoms with van der Waals surface area (Å²) in [5.41, 5.74) is 2.05. The van der Waals surface area contributed by atoms with Gasteiger partial charge in [0.05, 0.1) is 23.8 Å². The van der Waals surface area contributed by atoms with Gasteiger partial charge < -0.3 is 31.5 Å². The predicted octanol–water partition coefficient (Wildman–Crippen LogP) is -0.00170. The van der Waals surface area contributed by atoms with Gasteiger partial charge in [0, 0.05) is 11.5 Å². The highest BCUT2D eigenvalue weighted by atomic mass is 16.3. The molecule has 1 aromatic rings. The number of carbonyl (C=O) groups is 4. The molecule has 1 saturated heterocycles. The van der Waals surface area contributed by atoms with E-state index in [1.165, 1.54) is 11.0 Å². The van der Waals surface area contributed by atoms with Crippen LogP contribution in [0, 0.1) is 11.8 Å². The lowest BCUT2D eigenvalue weighted by Crippen LogP contribution is -2.65. The van der Waals surface area contributed by atoms with Crippen LogP contribution in [0.5, 0.6) is 5.75 Å². The topological polar surface area (TPSA) is 194 Å². The van der Waals surface area contributed by atoms with Crippen LogP contribution < -0.4 is 11.1 Å². The van der Waals surface area contributed by atoms with Crippen LogP contribution in [0.15, 0.2) is 29.0 Å². The largest absolute Gasteiger partial charge is 0.508 e. The predicted molar refractivity (Wildman–Crippen MR) is 139 cm³/mol. The number of fused-ring (bicyclic) bond motifs is 3. The molecule has 3 aliphatic carbocycles. The fraction of sp³-hybridized carbons (Fsp3) is 0.481. The Balaban J connectivity index is 1.56. The van der Waals surface area contributed by atoms with Gasteiger partial charge in [0.15, 0.2) is 11.4 Å². The number of amides is 2. The first kappa shape index (κ1) is 26.9. The maximum Gasteiger partial charge on any atom is 0.255 e. The summed E-state index contributed by atoms with van der Waals surface area (Å²) in [7, 11) is 3.09. The Labute approximate surface area is 224 Å². The number of Topliss-reactive ketones (excluding diaryl/α,β-unsaturated/α-hetero) is 2. The molecule has 1 saturated carbocycles. The highest BCUT2D eigenvalue weighted by Crippen LogP contribution is 2.53. The maximum absolute atomic E-state index is 13.9. The third-order valence-electron chi connectivity index (χ3n) is 8.43. The second kappa shape index (κ2) is 9.47. The minimum Gasteiger partial charge on any atom is -0.508 e. The molecule has 0 radical (unpaired) electrons. The number of primary amides is 1. The van der Waals surface area contributed by atoms with Crippen LogP contribution in [0.1, 0.15) is 30.4 Å². The number of hydrogen-bond donors (Lipinski definition) is 6. The molecule has 1 aliphatic heterocycles. The minimum absolute atomic E-state index is 0.0147. The number of hydrogen-bond acceptors (Lipinski definition) is 10. The van der Waals surface area contributed by atoms with Crippen molar-refractivity contribution in [2.75, 3.05) is 39.0 Å². The minimum atomic E-state index is -2.69. The summed E-state index contributed by atoms with van der Waals surface area (Å²) < 4.78 is 0. The van der Waals surface area contributed by atoms with Gasteiger partial charge >= 0.3 is 0 Å². The average molecular weight is 541 g/mol. The summed E-state index contributed by atoms with van der Waals surface area (Å²) in [6.07, 6.45) is 2.22. The van der Waals surface area contributed by atoms with Crippen molar-refractivity contribution in [1.82, 2.24) is 9.80 Å². The second-order valence-electron chi connectivity index (χ2n) is 11.0. The van der Waals surface area contributed by atoms with Crippen molar-refractivity contribution in [3.8, 4) is 5.75 Å². The lowest BCUT2D eigenvalue weighted by molar-refractivity contribution is -0.153. The molecule has 4 atom stereocenters. The van der Waals surface area contributed by atoms with E-state index in [0.29, 0.717) is 5.56 Å². The van der Waals surface area contributed by atoms with E-state index in [2.05, 4.69) is 5.32 Å². The number of aliphatic hydroxyl groups excluding tert-OH is 2. The van der Waals surface area contributed by atoms with Gasteiger partial charge in [0.1, 0.15) is 22.8 Å². The number of nitrogens with two attached hydrogens (primary N) is 1. The zero-order chi connectivity index (χ0) is 28.4. The highest BCUT2D eigenvalue weighted by molar-refractivity contribution is 6.24. The standard InChI is InChI=1S/C27H32N4O8/c1-30(2)20-14-10-13-9-12-5-6-15(29-16(32)11-31-7-3-4-8-31)21(33)17(12)22(34)18(13)24(36)27(14,39)25(37)19(23(20)35)26(28)38/h5-6,13-14,20,33-34,37,39H,3-4,7-11H2,1-2H3,(H2,28,38)(H,29,32)/t13?,14?,20-,27?/m0/s1. The Kier molecular flexibility index (Phi) is 6.52. The van der Waals surface area contributed by atoms with Crippen LogP contribution in [-0.4, -0.2) is 99.0 Å². The summed E-state index contributed by atoms with van der Waals surface area (Å²) in [5.74, 6) is -7.45. The molecule has 5 rings (SSSR count). The number of nitrogens with zero attached hydrogens (tertiary/aromatic N) is 2. The maximum atomic E-state index is 13.9. The van der Waals surface area contributed by atoms with Crippen LogP contribution >= 0.6 is 0 Å². The number of phenolic OH excluding ortho intramolecular Hbond substituents is 1. The van der Waals surface area contributed by atoms with Crippen molar-refractivity contribution >= 4 is 34.8 Å². The normalized spacial score (nSPS) is 28.9. The molecule has 1 heterocycles. The van der Waals surface area contributed by atoms with Crippen molar-refractivity contribution < 1.29 is 39.6 Å². The number of likely N-dealkylation sites (N-methyl/N-ethyl adjacent to an activating group) is 1. The molecule has 4 aliphatic rings. The molecule has 2 fully saturated rings. The molecular weight excluding hydrogens is 508 g/mol. The Hall–Kier alpha value is -3.74. The first-order valence-corrected chi connectivity index (χ1v) is 12.9. The number of rotatable bonds is 5. The van der Waals surface area contributed by atoms with E-state index in [4.69, 9.17) is 5.73 Å². The molecule has 7 N–H and O–H groups in total. The zero-order valence-electron chi connectivity index (χ0n) is 21.7. The molecular formula is C27H32N4O8. The van der Waals surface area contributed by atoms with Gasteiger partial charge in [-0.2, -0.15) is 0 Å². The average Bonchev–Trinajstić information content (AvgIpc) is 3.35. The quantitative estimate of drug-likeness (QED) is 0.219. The van der Waals surface area contributed by atoms with Gasteiger partial charge in [-0.3, -0.25) is 29.0 Å². The Morgan fingerprint density at radius 2 is 1.82 bits per heavy atom. The van der Waals surface area contributed by atoms with Crippen molar-refractivity contribution in [2.45, 2.75) is 37.3 Å². The highest BCUT2D eigenvalue weighted by Gasteiger charge is 2.64. The van der Waals surface area contributed by atoms with Gasteiger partial charge in [-0.25, -0.2) is 0 Å². The molecule has 39 heavy (non-hydrogen) atoms. The van der Waals surface area contributed by atoms with E-state index in [0.717, 1.165) is 25.9 Å². The molecule has 12 nitrogen and oxygen atoms in total. The fourth-order valence-corrected chi connectivity index (χ4v) is 6.65. The summed E-state index contributed by atoms with van der Waals surface area (Å²) in [5, 5.41) is 47.5. The van der Waals surface area contributed by atoms with Crippen LogP contribution in [-0.2, 0) is 25.6 Å². The third-order valence-corrected chi connectivity index (χ3v) is 8.43. The van der Waals surface area contributed by atoms with E-state index in [9.17, 15) is 39.6 Å². The van der Waals surface area contributed by atoms with Gasteiger partial charge in [-0.05, 0) is 70.4 Å².